The van der Waals surface area contributed by atoms with E-state index in [1.165, 1.54) is 32.6 Å². The molecular formula is C54H34N4. The van der Waals surface area contributed by atoms with Gasteiger partial charge in [0.2, 0.25) is 0 Å². The summed E-state index contributed by atoms with van der Waals surface area (Å²) in [5, 5.41) is 14.8. The number of hydrogen-bond acceptors (Lipinski definition) is 2. The van der Waals surface area contributed by atoms with E-state index >= 15 is 0 Å². The van der Waals surface area contributed by atoms with Crippen molar-refractivity contribution in [3.63, 3.8) is 0 Å². The molecule has 0 bridgehead atoms. The van der Waals surface area contributed by atoms with Crippen LogP contribution >= 0.6 is 0 Å². The lowest BCUT2D eigenvalue weighted by Gasteiger charge is -2.16. The van der Waals surface area contributed by atoms with E-state index in [2.05, 4.69) is 191 Å². The first kappa shape index (κ1) is 33.3. The van der Waals surface area contributed by atoms with Gasteiger partial charge in [0, 0.05) is 44.0 Å². The van der Waals surface area contributed by atoms with Crippen LogP contribution < -0.4 is 0 Å². The lowest BCUT2D eigenvalue weighted by Crippen LogP contribution is -1.98. The molecule has 11 aromatic rings. The Labute approximate surface area is 335 Å². The number of hydrogen-bond donors (Lipinski definition) is 0. The molecule has 0 radical (unpaired) electrons. The number of aromatic nitrogens is 3. The van der Waals surface area contributed by atoms with E-state index in [-0.39, 0.29) is 0 Å². The lowest BCUT2D eigenvalue weighted by atomic mass is 9.95. The SMILES string of the molecule is N#Cc1cccc(-c2cc(-c3cc(-c4ccccc4)nc(-c4ccccc4)c3)cc(-n3c4ccccc4c4ccc(-n5c6ccccc6c6ccccc65)cc43)c2)c1. The van der Waals surface area contributed by atoms with Crippen LogP contribution in [0.3, 0.4) is 0 Å². The quantitative estimate of drug-likeness (QED) is 0.170. The van der Waals surface area contributed by atoms with Crippen LogP contribution in [0.1, 0.15) is 5.56 Å². The first-order chi connectivity index (χ1) is 28.7. The molecule has 270 valence electrons. The first-order valence-electron chi connectivity index (χ1n) is 19.5. The third-order valence-electron chi connectivity index (χ3n) is 11.3. The normalized spacial score (nSPS) is 11.4. The van der Waals surface area contributed by atoms with Gasteiger partial charge >= 0.3 is 0 Å². The summed E-state index contributed by atoms with van der Waals surface area (Å²) >= 11 is 0. The highest BCUT2D eigenvalue weighted by Gasteiger charge is 2.19. The van der Waals surface area contributed by atoms with Crippen molar-refractivity contribution in [3.05, 3.63) is 212 Å². The van der Waals surface area contributed by atoms with Crippen LogP contribution in [0.5, 0.6) is 0 Å². The summed E-state index contributed by atoms with van der Waals surface area (Å²) in [6.45, 7) is 0. The Bertz CT molecular complexity index is 3290. The molecule has 0 unspecified atom stereocenters. The van der Waals surface area contributed by atoms with Crippen molar-refractivity contribution in [2.45, 2.75) is 0 Å². The first-order valence-corrected chi connectivity index (χ1v) is 19.5. The number of rotatable bonds is 6. The van der Waals surface area contributed by atoms with E-state index in [4.69, 9.17) is 4.98 Å². The fraction of sp³-hybridized carbons (Fsp3) is 0. The Morgan fingerprint density at radius 3 is 1.36 bits per heavy atom. The molecule has 0 aliphatic heterocycles. The van der Waals surface area contributed by atoms with Gasteiger partial charge in [-0.25, -0.2) is 4.98 Å². The summed E-state index contributed by atoms with van der Waals surface area (Å²) in [7, 11) is 0. The molecule has 0 aliphatic carbocycles. The molecule has 4 heteroatoms. The summed E-state index contributed by atoms with van der Waals surface area (Å²) in [6.07, 6.45) is 0. The highest BCUT2D eigenvalue weighted by atomic mass is 15.0. The molecule has 4 nitrogen and oxygen atoms in total. The molecule has 3 aromatic heterocycles. The van der Waals surface area contributed by atoms with Crippen molar-refractivity contribution in [1.29, 1.82) is 5.26 Å². The number of nitriles is 1. The van der Waals surface area contributed by atoms with E-state index in [0.717, 1.165) is 67.2 Å². The van der Waals surface area contributed by atoms with Crippen LogP contribution in [-0.4, -0.2) is 14.1 Å². The van der Waals surface area contributed by atoms with Gasteiger partial charge in [-0.05, 0) is 95.1 Å². The third-order valence-corrected chi connectivity index (χ3v) is 11.3. The standard InChI is InChI=1S/C54H34N4/c55-35-36-14-13-19-39(28-36)40-29-41(42-32-49(37-15-3-1-4-16-37)56-50(33-42)38-17-5-2-6-18-38)31-44(30-40)58-53-25-12-9-22-47(53)48-27-26-43(34-54(48)58)57-51-23-10-7-20-45(51)46-21-8-11-24-52(46)57/h1-34H. The van der Waals surface area contributed by atoms with E-state index < -0.39 is 0 Å². The number of para-hydroxylation sites is 3. The van der Waals surface area contributed by atoms with Gasteiger partial charge in [0.15, 0.2) is 0 Å². The third kappa shape index (κ3) is 5.57. The fourth-order valence-corrected chi connectivity index (χ4v) is 8.63. The molecule has 0 saturated heterocycles. The summed E-state index contributed by atoms with van der Waals surface area (Å²) in [5.74, 6) is 0. The van der Waals surface area contributed by atoms with Crippen molar-refractivity contribution in [1.82, 2.24) is 14.1 Å². The Kier molecular flexibility index (Phi) is 7.84. The molecule has 58 heavy (non-hydrogen) atoms. The van der Waals surface area contributed by atoms with Crippen LogP contribution in [0.25, 0.3) is 99.8 Å². The minimum atomic E-state index is 0.624. The number of fused-ring (bicyclic) bond motifs is 6. The van der Waals surface area contributed by atoms with Crippen molar-refractivity contribution < 1.29 is 0 Å². The molecule has 0 saturated carbocycles. The van der Waals surface area contributed by atoms with Gasteiger partial charge in [-0.15, -0.1) is 0 Å². The molecule has 8 aromatic carbocycles. The van der Waals surface area contributed by atoms with Gasteiger partial charge < -0.3 is 9.13 Å². The van der Waals surface area contributed by atoms with E-state index in [9.17, 15) is 5.26 Å². The van der Waals surface area contributed by atoms with Gasteiger partial charge in [-0.2, -0.15) is 5.26 Å². The zero-order valence-corrected chi connectivity index (χ0v) is 31.4. The molecule has 0 aliphatic rings. The van der Waals surface area contributed by atoms with Crippen molar-refractivity contribution >= 4 is 43.6 Å². The van der Waals surface area contributed by atoms with Crippen LogP contribution in [0, 0.1) is 11.3 Å². The minimum Gasteiger partial charge on any atom is -0.309 e. The zero-order chi connectivity index (χ0) is 38.6. The Morgan fingerprint density at radius 2 is 0.793 bits per heavy atom. The predicted molar refractivity (Wildman–Crippen MR) is 239 cm³/mol. The Morgan fingerprint density at radius 1 is 0.328 bits per heavy atom. The van der Waals surface area contributed by atoms with Crippen molar-refractivity contribution in [3.8, 4) is 62.2 Å². The highest BCUT2D eigenvalue weighted by molar-refractivity contribution is 6.12. The second kappa shape index (κ2) is 13.6. The maximum atomic E-state index is 9.93. The van der Waals surface area contributed by atoms with Gasteiger partial charge in [0.25, 0.3) is 0 Å². The Hall–Kier alpha value is -8.00. The zero-order valence-electron chi connectivity index (χ0n) is 31.4. The molecule has 11 rings (SSSR count). The average molecular weight is 739 g/mol. The summed E-state index contributed by atoms with van der Waals surface area (Å²) < 4.78 is 4.79. The van der Waals surface area contributed by atoms with Crippen molar-refractivity contribution in [2.75, 3.05) is 0 Å². The van der Waals surface area contributed by atoms with E-state index in [1.54, 1.807) is 0 Å². The van der Waals surface area contributed by atoms with Gasteiger partial charge in [0.1, 0.15) is 0 Å². The molecule has 0 N–H and O–H groups in total. The maximum Gasteiger partial charge on any atom is 0.0991 e. The topological polar surface area (TPSA) is 46.5 Å². The monoisotopic (exact) mass is 738 g/mol. The summed E-state index contributed by atoms with van der Waals surface area (Å²) in [5.41, 5.74) is 15.4. The van der Waals surface area contributed by atoms with Crippen LogP contribution in [-0.2, 0) is 0 Å². The van der Waals surface area contributed by atoms with Crippen molar-refractivity contribution in [2.24, 2.45) is 0 Å². The lowest BCUT2D eigenvalue weighted by molar-refractivity contribution is 1.15. The minimum absolute atomic E-state index is 0.624. The van der Waals surface area contributed by atoms with E-state index in [0.29, 0.717) is 5.56 Å². The molecule has 0 atom stereocenters. The smallest absolute Gasteiger partial charge is 0.0991 e. The van der Waals surface area contributed by atoms with Crippen LogP contribution in [0.15, 0.2) is 206 Å². The molecular weight excluding hydrogens is 705 g/mol. The number of benzene rings is 8. The van der Waals surface area contributed by atoms with Gasteiger partial charge in [-0.1, -0.05) is 133 Å². The molecule has 3 heterocycles. The molecule has 0 fully saturated rings. The number of nitrogens with zero attached hydrogens (tertiary/aromatic N) is 4. The van der Waals surface area contributed by atoms with Crippen LogP contribution in [0.4, 0.5) is 0 Å². The largest absolute Gasteiger partial charge is 0.309 e. The summed E-state index contributed by atoms with van der Waals surface area (Å²) in [6, 6.07) is 75.1. The van der Waals surface area contributed by atoms with Gasteiger partial charge in [0.05, 0.1) is 45.1 Å². The maximum absolute atomic E-state index is 9.93. The predicted octanol–water partition coefficient (Wildman–Crippen LogP) is 13.8. The van der Waals surface area contributed by atoms with E-state index in [1.807, 2.05) is 30.3 Å². The summed E-state index contributed by atoms with van der Waals surface area (Å²) in [4.78, 5) is 5.19. The van der Waals surface area contributed by atoms with Gasteiger partial charge in [-0.3, -0.25) is 0 Å². The van der Waals surface area contributed by atoms with Crippen LogP contribution in [0.2, 0.25) is 0 Å². The molecule has 0 amide bonds. The second-order valence-electron chi connectivity index (χ2n) is 14.7. The fourth-order valence-electron chi connectivity index (χ4n) is 8.63. The number of pyridine rings is 1. The Balaban J connectivity index is 1.20. The average Bonchev–Trinajstić information content (AvgIpc) is 3.82. The molecule has 0 spiro atoms. The highest BCUT2D eigenvalue weighted by Crippen LogP contribution is 2.40. The second-order valence-corrected chi connectivity index (χ2v) is 14.7.